The average Bonchev–Trinajstić information content (AvgIpc) is 2.35. The van der Waals surface area contributed by atoms with Crippen molar-refractivity contribution in [3.8, 4) is 0 Å². The van der Waals surface area contributed by atoms with E-state index in [4.69, 9.17) is 21.1 Å². The lowest BCUT2D eigenvalue weighted by Gasteiger charge is -2.16. The summed E-state index contributed by atoms with van der Waals surface area (Å²) in [6.45, 7) is 3.74. The lowest BCUT2D eigenvalue weighted by Crippen LogP contribution is -2.42. The summed E-state index contributed by atoms with van der Waals surface area (Å²) in [6.07, 6.45) is -0.801. The Bertz CT molecular complexity index is 310. The number of nitrogens with one attached hydrogen (secondary N) is 1. The summed E-state index contributed by atoms with van der Waals surface area (Å²) in [7, 11) is 0. The zero-order valence-corrected chi connectivity index (χ0v) is 11.7. The molecular weight excluding hydrogens is 278 g/mol. The Morgan fingerprint density at radius 2 is 1.74 bits per heavy atom. The van der Waals surface area contributed by atoms with Crippen molar-refractivity contribution in [2.75, 3.05) is 19.3 Å². The molecule has 0 fully saturated rings. The second kappa shape index (κ2) is 10.4. The number of amides is 1. The average molecular weight is 296 g/mol. The summed E-state index contributed by atoms with van der Waals surface area (Å²) >= 11 is 5.22. The maximum absolute atomic E-state index is 11.6. The second-order valence-corrected chi connectivity index (χ2v) is 3.55. The second-order valence-electron chi connectivity index (χ2n) is 3.33. The van der Waals surface area contributed by atoms with Crippen LogP contribution in [0, 0.1) is 0 Å². The molecule has 1 amide bonds. The largest absolute Gasteiger partial charge is 0.466 e. The van der Waals surface area contributed by atoms with E-state index >= 15 is 0 Å². The van der Waals surface area contributed by atoms with Gasteiger partial charge in [0.1, 0.15) is 6.04 Å². The summed E-state index contributed by atoms with van der Waals surface area (Å²) in [5.41, 5.74) is 0. The molecule has 0 aliphatic carbocycles. The topological polar surface area (TPSA) is 90.9 Å². The van der Waals surface area contributed by atoms with Crippen LogP contribution in [0.15, 0.2) is 0 Å². The van der Waals surface area contributed by atoms with Gasteiger partial charge in [0.2, 0.25) is 0 Å². The molecule has 0 unspecified atom stereocenters. The lowest BCUT2D eigenvalue weighted by molar-refractivity contribution is -0.147. The van der Waals surface area contributed by atoms with Crippen LogP contribution in [0.2, 0.25) is 0 Å². The van der Waals surface area contributed by atoms with Gasteiger partial charge in [0, 0.05) is 6.42 Å². The van der Waals surface area contributed by atoms with Gasteiger partial charge >= 0.3 is 18.0 Å². The fourth-order valence-corrected chi connectivity index (χ4v) is 1.32. The van der Waals surface area contributed by atoms with E-state index in [0.717, 1.165) is 0 Å². The van der Waals surface area contributed by atoms with Gasteiger partial charge in [-0.3, -0.25) is 4.79 Å². The molecule has 0 aliphatic heterocycles. The number of rotatable bonds is 8. The van der Waals surface area contributed by atoms with Crippen LogP contribution in [0.25, 0.3) is 0 Å². The fourth-order valence-electron chi connectivity index (χ4n) is 1.22. The molecule has 0 heterocycles. The number of alkyl halides is 1. The molecule has 0 aromatic heterocycles. The summed E-state index contributed by atoms with van der Waals surface area (Å²) in [5.74, 6) is -1.09. The number of esters is 2. The minimum absolute atomic E-state index is 0.0154. The summed E-state index contributed by atoms with van der Waals surface area (Å²) in [5, 5.41) is 2.27. The van der Waals surface area contributed by atoms with Gasteiger partial charge in [0.05, 0.1) is 13.2 Å². The number of hydrogen-bond acceptors (Lipinski definition) is 6. The van der Waals surface area contributed by atoms with Crippen LogP contribution in [-0.2, 0) is 23.8 Å². The molecule has 0 rings (SSSR count). The first-order valence-corrected chi connectivity index (χ1v) is 6.40. The lowest BCUT2D eigenvalue weighted by atomic mass is 10.1. The number of ether oxygens (including phenoxy) is 3. The van der Waals surface area contributed by atoms with Crippen molar-refractivity contribution in [3.63, 3.8) is 0 Å². The van der Waals surface area contributed by atoms with Crippen LogP contribution in [0.3, 0.4) is 0 Å². The molecule has 0 aromatic carbocycles. The number of carbonyl (C=O) groups is 3. The SMILES string of the molecule is CCOC(=O)CC[C@H](NC(=O)OCCl)C(=O)OCC. The highest BCUT2D eigenvalue weighted by molar-refractivity contribution is 6.17. The van der Waals surface area contributed by atoms with Gasteiger partial charge in [-0.15, -0.1) is 0 Å². The molecule has 0 aromatic rings. The van der Waals surface area contributed by atoms with E-state index in [9.17, 15) is 14.4 Å². The van der Waals surface area contributed by atoms with Crippen molar-refractivity contribution < 1.29 is 28.6 Å². The number of carbonyl (C=O) groups excluding carboxylic acids is 3. The molecule has 110 valence electrons. The van der Waals surface area contributed by atoms with Crippen molar-refractivity contribution >= 4 is 29.6 Å². The Balaban J connectivity index is 4.37. The summed E-state index contributed by atoms with van der Waals surface area (Å²) in [6, 6.07) is -1.31. The maximum Gasteiger partial charge on any atom is 0.409 e. The highest BCUT2D eigenvalue weighted by Crippen LogP contribution is 2.03. The molecule has 0 saturated carbocycles. The highest BCUT2D eigenvalue weighted by Gasteiger charge is 2.23. The Hall–Kier alpha value is -1.50. The third kappa shape index (κ3) is 8.25. The Labute approximate surface area is 116 Å². The molecule has 0 aliphatic rings. The first kappa shape index (κ1) is 17.5. The van der Waals surface area contributed by atoms with Crippen molar-refractivity contribution in [1.29, 1.82) is 0 Å². The van der Waals surface area contributed by atoms with Gasteiger partial charge in [0.15, 0.2) is 6.07 Å². The van der Waals surface area contributed by atoms with Crippen LogP contribution in [-0.4, -0.2) is 43.4 Å². The molecule has 7 nitrogen and oxygen atoms in total. The third-order valence-corrected chi connectivity index (χ3v) is 2.10. The van der Waals surface area contributed by atoms with Crippen LogP contribution in [0.1, 0.15) is 26.7 Å². The zero-order valence-electron chi connectivity index (χ0n) is 10.9. The van der Waals surface area contributed by atoms with E-state index in [1.54, 1.807) is 13.8 Å². The first-order chi connectivity index (χ1) is 9.04. The van der Waals surface area contributed by atoms with E-state index in [2.05, 4.69) is 10.1 Å². The van der Waals surface area contributed by atoms with E-state index in [0.29, 0.717) is 0 Å². The van der Waals surface area contributed by atoms with E-state index in [-0.39, 0.29) is 32.1 Å². The first-order valence-electron chi connectivity index (χ1n) is 5.86. The van der Waals surface area contributed by atoms with Crippen molar-refractivity contribution in [2.24, 2.45) is 0 Å². The number of halogens is 1. The smallest absolute Gasteiger partial charge is 0.409 e. The van der Waals surface area contributed by atoms with Gasteiger partial charge in [-0.2, -0.15) is 0 Å². The molecule has 1 atom stereocenters. The standard InChI is InChI=1S/C11H18ClNO6/c1-3-17-9(14)6-5-8(10(15)18-4-2)13-11(16)19-7-12/h8H,3-7H2,1-2H3,(H,13,16)/t8-/m0/s1. The molecule has 0 radical (unpaired) electrons. The van der Waals surface area contributed by atoms with E-state index < -0.39 is 24.1 Å². The molecule has 0 spiro atoms. The van der Waals surface area contributed by atoms with Gasteiger partial charge in [-0.25, -0.2) is 9.59 Å². The fraction of sp³-hybridized carbons (Fsp3) is 0.727. The van der Waals surface area contributed by atoms with Gasteiger partial charge < -0.3 is 19.5 Å². The van der Waals surface area contributed by atoms with Crippen LogP contribution in [0.4, 0.5) is 4.79 Å². The van der Waals surface area contributed by atoms with Gasteiger partial charge in [-0.1, -0.05) is 11.6 Å². The number of hydrogen-bond donors (Lipinski definition) is 1. The number of alkyl carbamates (subject to hydrolysis) is 1. The Kier molecular flexibility index (Phi) is 9.60. The third-order valence-electron chi connectivity index (χ3n) is 1.99. The monoisotopic (exact) mass is 295 g/mol. The van der Waals surface area contributed by atoms with Gasteiger partial charge in [-0.05, 0) is 20.3 Å². The minimum Gasteiger partial charge on any atom is -0.466 e. The maximum atomic E-state index is 11.6. The van der Waals surface area contributed by atoms with Crippen molar-refractivity contribution in [1.82, 2.24) is 5.32 Å². The Morgan fingerprint density at radius 3 is 2.26 bits per heavy atom. The van der Waals surface area contributed by atoms with Crippen LogP contribution < -0.4 is 5.32 Å². The predicted octanol–water partition coefficient (Wildman–Crippen LogP) is 1.18. The predicted molar refractivity (Wildman–Crippen MR) is 66.6 cm³/mol. The zero-order chi connectivity index (χ0) is 14.7. The molecule has 0 bridgehead atoms. The molecule has 1 N–H and O–H groups in total. The quantitative estimate of drug-likeness (QED) is 0.411. The van der Waals surface area contributed by atoms with Crippen LogP contribution >= 0.6 is 11.6 Å². The Morgan fingerprint density at radius 1 is 1.11 bits per heavy atom. The molecular formula is C11H18ClNO6. The highest BCUT2D eigenvalue weighted by atomic mass is 35.5. The normalized spacial score (nSPS) is 11.3. The van der Waals surface area contributed by atoms with Crippen molar-refractivity contribution in [2.45, 2.75) is 32.7 Å². The summed E-state index contributed by atoms with van der Waals surface area (Å²) in [4.78, 5) is 34.0. The summed E-state index contributed by atoms with van der Waals surface area (Å²) < 4.78 is 14.0. The molecule has 8 heteroatoms. The van der Waals surface area contributed by atoms with Gasteiger partial charge in [0.25, 0.3) is 0 Å². The van der Waals surface area contributed by atoms with E-state index in [1.807, 2.05) is 0 Å². The minimum atomic E-state index is -0.972. The molecule has 0 saturated heterocycles. The van der Waals surface area contributed by atoms with E-state index in [1.165, 1.54) is 0 Å². The van der Waals surface area contributed by atoms with Crippen LogP contribution in [0.5, 0.6) is 0 Å². The molecule has 19 heavy (non-hydrogen) atoms. The van der Waals surface area contributed by atoms with Crippen molar-refractivity contribution in [3.05, 3.63) is 0 Å².